The number of urea groups is 1. The Morgan fingerprint density at radius 3 is 2.61 bits per heavy atom. The molecule has 4 heterocycles. The number of imide groups is 1. The van der Waals surface area contributed by atoms with Crippen molar-refractivity contribution in [2.45, 2.75) is 31.5 Å². The average molecular weight is 522 g/mol. The number of nitrogens with zero attached hydrogens (tertiary/aromatic N) is 1. The van der Waals surface area contributed by atoms with Gasteiger partial charge in [0.2, 0.25) is 0 Å². The van der Waals surface area contributed by atoms with E-state index in [0.717, 1.165) is 12.8 Å². The van der Waals surface area contributed by atoms with E-state index in [1.54, 1.807) is 12.1 Å². The van der Waals surface area contributed by atoms with Gasteiger partial charge in [-0.15, -0.1) is 0 Å². The summed E-state index contributed by atoms with van der Waals surface area (Å²) in [6, 6.07) is 5.21. The number of carbonyl (C=O) groups is 4. The molecule has 2 fully saturated rings. The second kappa shape index (κ2) is 7.76. The highest BCUT2D eigenvalue weighted by Crippen LogP contribution is 2.38. The Balaban J connectivity index is 1.25. The van der Waals surface area contributed by atoms with Crippen LogP contribution in [0.4, 0.5) is 13.6 Å². The van der Waals surface area contributed by atoms with E-state index in [1.165, 1.54) is 17.0 Å². The van der Waals surface area contributed by atoms with Gasteiger partial charge in [0.25, 0.3) is 17.7 Å². The zero-order chi connectivity index (χ0) is 26.3. The number of carbonyl (C=O) groups excluding carboxylic acids is 4. The largest absolute Gasteiger partial charge is 0.490 e. The van der Waals surface area contributed by atoms with Crippen molar-refractivity contribution in [3.8, 4) is 5.75 Å². The minimum absolute atomic E-state index is 0.0164. The molecule has 7 rings (SSSR count). The SMILES string of the molecule is O=C1NC(=O)[C@](CN2Cc3ccc(OCC4CC4)c(F)c3C2=O)(c2cc3cc4c(c(F)c3o2)C(=O)NC4)N1. The summed E-state index contributed by atoms with van der Waals surface area (Å²) in [4.78, 5) is 52.0. The Bertz CT molecular complexity index is 1610. The van der Waals surface area contributed by atoms with E-state index in [-0.39, 0.29) is 46.7 Å². The van der Waals surface area contributed by atoms with E-state index < -0.39 is 47.5 Å². The lowest BCUT2D eigenvalue weighted by atomic mass is 9.95. The predicted octanol–water partition coefficient (Wildman–Crippen LogP) is 2.43. The van der Waals surface area contributed by atoms with Crippen molar-refractivity contribution < 1.29 is 37.1 Å². The van der Waals surface area contributed by atoms with Gasteiger partial charge in [-0.3, -0.25) is 19.7 Å². The molecule has 38 heavy (non-hydrogen) atoms. The van der Waals surface area contributed by atoms with Gasteiger partial charge in [0.15, 0.2) is 28.5 Å². The van der Waals surface area contributed by atoms with E-state index in [2.05, 4.69) is 16.0 Å². The van der Waals surface area contributed by atoms with Crippen molar-refractivity contribution in [1.29, 1.82) is 0 Å². The summed E-state index contributed by atoms with van der Waals surface area (Å²) < 4.78 is 41.8. The van der Waals surface area contributed by atoms with Gasteiger partial charge in [0.1, 0.15) is 5.76 Å². The van der Waals surface area contributed by atoms with Crippen molar-refractivity contribution in [2.24, 2.45) is 5.92 Å². The topological polar surface area (TPSA) is 130 Å². The normalized spacial score (nSPS) is 22.0. The van der Waals surface area contributed by atoms with Crippen molar-refractivity contribution in [1.82, 2.24) is 20.9 Å². The van der Waals surface area contributed by atoms with Crippen molar-refractivity contribution in [3.05, 3.63) is 63.9 Å². The maximum Gasteiger partial charge on any atom is 0.322 e. The average Bonchev–Trinajstić information content (AvgIpc) is 3.18. The van der Waals surface area contributed by atoms with Crippen LogP contribution in [0.3, 0.4) is 0 Å². The molecule has 10 nitrogen and oxygen atoms in total. The van der Waals surface area contributed by atoms with Crippen LogP contribution in [-0.4, -0.2) is 41.8 Å². The molecule has 0 unspecified atom stereocenters. The fourth-order valence-corrected chi connectivity index (χ4v) is 5.32. The lowest BCUT2D eigenvalue weighted by Gasteiger charge is -2.29. The highest BCUT2D eigenvalue weighted by molar-refractivity contribution is 6.09. The van der Waals surface area contributed by atoms with E-state index in [0.29, 0.717) is 23.7 Å². The highest BCUT2D eigenvalue weighted by atomic mass is 19.1. The maximum atomic E-state index is 15.3. The highest BCUT2D eigenvalue weighted by Gasteiger charge is 2.53. The van der Waals surface area contributed by atoms with Gasteiger partial charge in [0, 0.05) is 18.5 Å². The van der Waals surface area contributed by atoms with Crippen LogP contribution >= 0.6 is 0 Å². The minimum atomic E-state index is -1.91. The first kappa shape index (κ1) is 22.7. The maximum absolute atomic E-state index is 15.3. The first-order valence-electron chi connectivity index (χ1n) is 12.2. The van der Waals surface area contributed by atoms with Crippen LogP contribution in [0.5, 0.6) is 5.75 Å². The van der Waals surface area contributed by atoms with Gasteiger partial charge in [0.05, 0.1) is 24.3 Å². The molecule has 194 valence electrons. The second-order valence-electron chi connectivity index (χ2n) is 10.1. The van der Waals surface area contributed by atoms with Gasteiger partial charge >= 0.3 is 6.03 Å². The van der Waals surface area contributed by atoms with Crippen LogP contribution in [0.15, 0.2) is 28.7 Å². The Morgan fingerprint density at radius 2 is 1.87 bits per heavy atom. The molecule has 3 aliphatic heterocycles. The zero-order valence-corrected chi connectivity index (χ0v) is 19.8. The molecule has 1 atom stereocenters. The third-order valence-electron chi connectivity index (χ3n) is 7.51. The first-order valence-corrected chi connectivity index (χ1v) is 12.2. The Kier molecular flexibility index (Phi) is 4.64. The van der Waals surface area contributed by atoms with Crippen LogP contribution in [0.1, 0.15) is 50.4 Å². The number of halogens is 2. The van der Waals surface area contributed by atoms with Gasteiger partial charge in [-0.05, 0) is 48.1 Å². The summed E-state index contributed by atoms with van der Waals surface area (Å²) in [6.07, 6.45) is 2.05. The summed E-state index contributed by atoms with van der Waals surface area (Å²) in [7, 11) is 0. The number of fused-ring (bicyclic) bond motifs is 3. The smallest absolute Gasteiger partial charge is 0.322 e. The van der Waals surface area contributed by atoms with Crippen LogP contribution in [0.2, 0.25) is 0 Å². The number of hydrogen-bond acceptors (Lipinski definition) is 6. The van der Waals surface area contributed by atoms with Gasteiger partial charge in [-0.25, -0.2) is 13.6 Å². The quantitative estimate of drug-likeness (QED) is 0.427. The van der Waals surface area contributed by atoms with Gasteiger partial charge < -0.3 is 24.7 Å². The van der Waals surface area contributed by atoms with Gasteiger partial charge in [-0.1, -0.05) is 6.07 Å². The van der Waals surface area contributed by atoms with E-state index in [1.807, 2.05) is 0 Å². The number of nitrogens with one attached hydrogen (secondary N) is 3. The molecule has 4 aliphatic rings. The second-order valence-corrected chi connectivity index (χ2v) is 10.1. The molecular weight excluding hydrogens is 502 g/mol. The molecule has 3 aromatic rings. The summed E-state index contributed by atoms with van der Waals surface area (Å²) >= 11 is 0. The van der Waals surface area contributed by atoms with Crippen molar-refractivity contribution in [2.75, 3.05) is 13.2 Å². The number of benzene rings is 2. The minimum Gasteiger partial charge on any atom is -0.490 e. The van der Waals surface area contributed by atoms with Gasteiger partial charge in [-0.2, -0.15) is 0 Å². The lowest BCUT2D eigenvalue weighted by Crippen LogP contribution is -2.52. The fourth-order valence-electron chi connectivity index (χ4n) is 5.32. The van der Waals surface area contributed by atoms with Crippen molar-refractivity contribution in [3.63, 3.8) is 0 Å². The van der Waals surface area contributed by atoms with Crippen LogP contribution in [0, 0.1) is 17.6 Å². The summed E-state index contributed by atoms with van der Waals surface area (Å²) in [5, 5.41) is 7.47. The number of amides is 5. The van der Waals surface area contributed by atoms with E-state index in [4.69, 9.17) is 9.15 Å². The molecule has 5 amide bonds. The molecular formula is C26H20F2N4O6. The molecule has 0 spiro atoms. The van der Waals surface area contributed by atoms with Crippen LogP contribution < -0.4 is 20.7 Å². The number of furan rings is 1. The third-order valence-corrected chi connectivity index (χ3v) is 7.51. The molecule has 1 aromatic heterocycles. The van der Waals surface area contributed by atoms with Crippen LogP contribution in [-0.2, 0) is 23.4 Å². The molecule has 1 aliphatic carbocycles. The fraction of sp³-hybridized carbons (Fsp3) is 0.308. The molecule has 0 bridgehead atoms. The van der Waals surface area contributed by atoms with E-state index in [9.17, 15) is 19.2 Å². The number of hydrogen-bond donors (Lipinski definition) is 3. The first-order chi connectivity index (χ1) is 18.2. The van der Waals surface area contributed by atoms with Crippen LogP contribution in [0.25, 0.3) is 11.0 Å². The number of ether oxygens (including phenoxy) is 1. The zero-order valence-electron chi connectivity index (χ0n) is 19.8. The standard InChI is InChI=1S/C26H20F2N4O6/c27-19-15(37-9-11-1-2-11)4-3-12-8-32(23(34)18(12)19)10-26(24(35)30-25(36)31-26)16-6-13-5-14-7-29-22(33)17(14)20(28)21(13)38-16/h3-6,11H,1-2,7-10H2,(H,29,33)(H2,30,31,35,36)/t26-/m0/s1. The Labute approximate surface area is 213 Å². The Morgan fingerprint density at radius 1 is 1.05 bits per heavy atom. The Hall–Kier alpha value is -4.48. The predicted molar refractivity (Wildman–Crippen MR) is 125 cm³/mol. The molecule has 2 aromatic carbocycles. The summed E-state index contributed by atoms with van der Waals surface area (Å²) in [6.45, 7) is 0.0817. The van der Waals surface area contributed by atoms with Crippen molar-refractivity contribution >= 4 is 34.7 Å². The molecule has 0 radical (unpaired) electrons. The lowest BCUT2D eigenvalue weighted by molar-refractivity contribution is -0.125. The molecule has 3 N–H and O–H groups in total. The molecule has 12 heteroatoms. The molecule has 1 saturated carbocycles. The number of rotatable bonds is 6. The summed E-state index contributed by atoms with van der Waals surface area (Å²) in [5.74, 6) is -3.49. The summed E-state index contributed by atoms with van der Waals surface area (Å²) in [5.41, 5.74) is -1.63. The monoisotopic (exact) mass is 522 g/mol. The molecule has 1 saturated heterocycles. The third kappa shape index (κ3) is 3.22. The van der Waals surface area contributed by atoms with E-state index >= 15 is 8.78 Å².